The zero-order chi connectivity index (χ0) is 17.5. The number of aromatic nitrogens is 7. The van der Waals surface area contributed by atoms with Gasteiger partial charge in [0.25, 0.3) is 0 Å². The Kier molecular flexibility index (Phi) is 3.38. The van der Waals surface area contributed by atoms with Crippen molar-refractivity contribution in [2.24, 2.45) is 0 Å². The van der Waals surface area contributed by atoms with E-state index in [2.05, 4.69) is 20.2 Å². The predicted octanol–water partition coefficient (Wildman–Crippen LogP) is 3.30. The number of benzene rings is 1. The molecule has 0 radical (unpaired) electrons. The number of rotatable bonds is 4. The molecule has 0 saturated heterocycles. The van der Waals surface area contributed by atoms with Crippen molar-refractivity contribution in [2.45, 2.75) is 25.7 Å². The quantitative estimate of drug-likeness (QED) is 0.614. The lowest BCUT2D eigenvalue weighted by atomic mass is 10.1. The second-order valence-corrected chi connectivity index (χ2v) is 6.52. The summed E-state index contributed by atoms with van der Waals surface area (Å²) in [5.41, 5.74) is 3.97. The van der Waals surface area contributed by atoms with Crippen molar-refractivity contribution in [3.05, 3.63) is 60.4 Å². The van der Waals surface area contributed by atoms with Crippen molar-refractivity contribution in [3.63, 3.8) is 0 Å². The molecule has 7 heteroatoms. The van der Waals surface area contributed by atoms with Crippen LogP contribution in [0.2, 0.25) is 0 Å². The van der Waals surface area contributed by atoms with Crippen LogP contribution in [0.25, 0.3) is 28.5 Å². The molecule has 3 aromatic heterocycles. The van der Waals surface area contributed by atoms with Crippen LogP contribution in [0.5, 0.6) is 0 Å². The highest BCUT2D eigenvalue weighted by molar-refractivity contribution is 5.77. The molecule has 26 heavy (non-hydrogen) atoms. The van der Waals surface area contributed by atoms with Crippen molar-refractivity contribution >= 4 is 0 Å². The normalized spacial score (nSPS) is 13.9. The summed E-state index contributed by atoms with van der Waals surface area (Å²) < 4.78 is 1.93. The lowest BCUT2D eigenvalue weighted by Crippen LogP contribution is -2.03. The highest BCUT2D eigenvalue weighted by Crippen LogP contribution is 2.40. The minimum absolute atomic E-state index is 0.467. The van der Waals surface area contributed by atoms with Gasteiger partial charge in [-0.3, -0.25) is 10.1 Å². The lowest BCUT2D eigenvalue weighted by molar-refractivity contribution is 0.831. The second-order valence-electron chi connectivity index (χ2n) is 6.52. The highest BCUT2D eigenvalue weighted by atomic mass is 15.4. The van der Waals surface area contributed by atoms with Gasteiger partial charge in [-0.1, -0.05) is 24.3 Å². The van der Waals surface area contributed by atoms with Crippen molar-refractivity contribution in [1.82, 2.24) is 34.9 Å². The summed E-state index contributed by atoms with van der Waals surface area (Å²) in [6.07, 6.45) is 7.46. The Bertz CT molecular complexity index is 1060. The molecule has 128 valence electrons. The molecule has 1 N–H and O–H groups in total. The van der Waals surface area contributed by atoms with Gasteiger partial charge in [0.15, 0.2) is 17.5 Å². The number of pyridine rings is 1. The zero-order valence-electron chi connectivity index (χ0n) is 14.3. The first-order valence-electron chi connectivity index (χ1n) is 8.64. The molecule has 1 saturated carbocycles. The van der Waals surface area contributed by atoms with Crippen LogP contribution in [0.4, 0.5) is 0 Å². The largest absolute Gasteiger partial charge is 0.264 e. The molecule has 1 aliphatic carbocycles. The van der Waals surface area contributed by atoms with Crippen LogP contribution >= 0.6 is 0 Å². The van der Waals surface area contributed by atoms with Gasteiger partial charge in [0.05, 0.1) is 5.69 Å². The van der Waals surface area contributed by atoms with Crippen LogP contribution in [0.3, 0.4) is 0 Å². The van der Waals surface area contributed by atoms with E-state index in [0.29, 0.717) is 5.92 Å². The maximum Gasteiger partial charge on any atom is 0.164 e. The molecule has 5 rings (SSSR count). The Morgan fingerprint density at radius 1 is 1.12 bits per heavy atom. The molecular formula is C19H17N7. The molecule has 1 fully saturated rings. The molecule has 4 aromatic rings. The summed E-state index contributed by atoms with van der Waals surface area (Å²) in [4.78, 5) is 13.4. The number of hydrogen-bond donors (Lipinski definition) is 1. The van der Waals surface area contributed by atoms with E-state index < -0.39 is 0 Å². The van der Waals surface area contributed by atoms with Gasteiger partial charge < -0.3 is 0 Å². The molecule has 1 aliphatic rings. The fraction of sp³-hybridized carbons (Fsp3) is 0.211. The maximum atomic E-state index is 4.90. The average molecular weight is 343 g/mol. The van der Waals surface area contributed by atoms with Crippen LogP contribution < -0.4 is 0 Å². The van der Waals surface area contributed by atoms with Crippen LogP contribution in [-0.4, -0.2) is 34.9 Å². The van der Waals surface area contributed by atoms with Crippen LogP contribution in [0, 0.1) is 6.92 Å². The van der Waals surface area contributed by atoms with Gasteiger partial charge in [0.2, 0.25) is 0 Å². The third kappa shape index (κ3) is 2.48. The van der Waals surface area contributed by atoms with Crippen molar-refractivity contribution in [3.8, 4) is 28.5 Å². The first-order chi connectivity index (χ1) is 12.8. The molecule has 0 spiro atoms. The highest BCUT2D eigenvalue weighted by Gasteiger charge is 2.30. The van der Waals surface area contributed by atoms with E-state index in [1.54, 1.807) is 6.20 Å². The van der Waals surface area contributed by atoms with Crippen LogP contribution in [0.15, 0.2) is 49.1 Å². The molecule has 7 nitrogen and oxygen atoms in total. The van der Waals surface area contributed by atoms with E-state index in [1.807, 2.05) is 48.1 Å². The third-order valence-corrected chi connectivity index (χ3v) is 4.62. The number of hydrogen-bond acceptors (Lipinski definition) is 5. The van der Waals surface area contributed by atoms with Gasteiger partial charge in [0.1, 0.15) is 6.33 Å². The topological polar surface area (TPSA) is 85.2 Å². The van der Waals surface area contributed by atoms with Gasteiger partial charge in [-0.2, -0.15) is 10.2 Å². The lowest BCUT2D eigenvalue weighted by Gasteiger charge is -2.10. The van der Waals surface area contributed by atoms with Gasteiger partial charge in [-0.05, 0) is 31.4 Å². The fourth-order valence-electron chi connectivity index (χ4n) is 3.11. The van der Waals surface area contributed by atoms with E-state index >= 15 is 0 Å². The first-order valence-corrected chi connectivity index (χ1v) is 8.64. The zero-order valence-corrected chi connectivity index (χ0v) is 14.3. The third-order valence-electron chi connectivity index (χ3n) is 4.62. The summed E-state index contributed by atoms with van der Waals surface area (Å²) in [7, 11) is 0. The average Bonchev–Trinajstić information content (AvgIpc) is 3.20. The summed E-state index contributed by atoms with van der Waals surface area (Å²) >= 11 is 0. The summed E-state index contributed by atoms with van der Waals surface area (Å²) in [6, 6.07) is 10.0. The molecular weight excluding hydrogens is 326 g/mol. The number of aryl methyl sites for hydroxylation is 1. The van der Waals surface area contributed by atoms with Gasteiger partial charge in [-0.25, -0.2) is 14.6 Å². The summed E-state index contributed by atoms with van der Waals surface area (Å²) in [5, 5.41) is 11.8. The fourth-order valence-corrected chi connectivity index (χ4v) is 3.11. The number of nitrogens with zero attached hydrogens (tertiary/aromatic N) is 6. The molecule has 0 aliphatic heterocycles. The number of H-pyrrole nitrogens is 1. The van der Waals surface area contributed by atoms with Crippen LogP contribution in [-0.2, 0) is 0 Å². The second kappa shape index (κ2) is 5.87. The monoisotopic (exact) mass is 343 g/mol. The standard InChI is InChI=1S/C19H17N7/c1-12-10-20-9-8-16(12)26-19(23-17(25-26)13-6-7-13)15-5-3-2-4-14(15)18-21-11-22-24-18/h2-5,8-11,13H,6-7H2,1H3,(H,21,22,24). The van der Waals surface area contributed by atoms with E-state index in [9.17, 15) is 0 Å². The van der Waals surface area contributed by atoms with E-state index in [-0.39, 0.29) is 0 Å². The Morgan fingerprint density at radius 3 is 2.69 bits per heavy atom. The maximum absolute atomic E-state index is 4.90. The first kappa shape index (κ1) is 14.9. The Balaban J connectivity index is 1.74. The molecule has 1 aromatic carbocycles. The smallest absolute Gasteiger partial charge is 0.164 e. The van der Waals surface area contributed by atoms with E-state index in [4.69, 9.17) is 10.1 Å². The molecule has 3 heterocycles. The van der Waals surface area contributed by atoms with E-state index in [1.165, 1.54) is 6.33 Å². The van der Waals surface area contributed by atoms with Crippen molar-refractivity contribution in [2.75, 3.05) is 0 Å². The summed E-state index contributed by atoms with van der Waals surface area (Å²) in [5.74, 6) is 2.90. The Labute approximate surface area is 150 Å². The predicted molar refractivity (Wildman–Crippen MR) is 96.7 cm³/mol. The number of nitrogens with one attached hydrogen (secondary N) is 1. The van der Waals surface area contributed by atoms with Gasteiger partial charge >= 0.3 is 0 Å². The Morgan fingerprint density at radius 2 is 1.96 bits per heavy atom. The van der Waals surface area contributed by atoms with Crippen molar-refractivity contribution in [1.29, 1.82) is 0 Å². The summed E-state index contributed by atoms with van der Waals surface area (Å²) in [6.45, 7) is 2.03. The minimum Gasteiger partial charge on any atom is -0.264 e. The van der Waals surface area contributed by atoms with Crippen LogP contribution in [0.1, 0.15) is 30.1 Å². The van der Waals surface area contributed by atoms with Gasteiger partial charge in [0, 0.05) is 29.4 Å². The molecule has 0 amide bonds. The SMILES string of the molecule is Cc1cnccc1-n1nc(C2CC2)nc1-c1ccccc1-c1ncn[nH]1. The minimum atomic E-state index is 0.467. The molecule has 0 atom stereocenters. The molecule has 0 bridgehead atoms. The van der Waals surface area contributed by atoms with Gasteiger partial charge in [-0.15, -0.1) is 0 Å². The van der Waals surface area contributed by atoms with Crippen molar-refractivity contribution < 1.29 is 0 Å². The molecule has 0 unspecified atom stereocenters. The Hall–Kier alpha value is -3.35. The number of aromatic amines is 1. The van der Waals surface area contributed by atoms with E-state index in [0.717, 1.165) is 52.7 Å².